The lowest BCUT2D eigenvalue weighted by Gasteiger charge is -2.07. The standard InChI is InChI=1S/C7H5BrF3NO/c1-13-5-4(9)3(7(10)11)2-12-6(5)8/h2,7H,1H3. The zero-order valence-electron chi connectivity index (χ0n) is 6.52. The molecule has 1 heterocycles. The number of rotatable bonds is 2. The quantitative estimate of drug-likeness (QED) is 0.759. The first-order valence-electron chi connectivity index (χ1n) is 3.24. The largest absolute Gasteiger partial charge is 0.491 e. The Bertz CT molecular complexity index is 319. The van der Waals surface area contributed by atoms with Gasteiger partial charge in [-0.05, 0) is 15.9 Å². The molecule has 0 aromatic carbocycles. The van der Waals surface area contributed by atoms with E-state index < -0.39 is 17.8 Å². The summed E-state index contributed by atoms with van der Waals surface area (Å²) in [5, 5.41) is 0. The van der Waals surface area contributed by atoms with Crippen molar-refractivity contribution in [1.82, 2.24) is 4.98 Å². The molecule has 0 saturated heterocycles. The third-order valence-electron chi connectivity index (χ3n) is 1.40. The van der Waals surface area contributed by atoms with Gasteiger partial charge in [-0.2, -0.15) is 0 Å². The van der Waals surface area contributed by atoms with Gasteiger partial charge in [-0.25, -0.2) is 18.2 Å². The van der Waals surface area contributed by atoms with E-state index in [9.17, 15) is 13.2 Å². The lowest BCUT2D eigenvalue weighted by atomic mass is 10.3. The molecule has 0 unspecified atom stereocenters. The Balaban J connectivity index is 3.27. The molecule has 0 aliphatic carbocycles. The van der Waals surface area contributed by atoms with Crippen LogP contribution in [0.1, 0.15) is 12.0 Å². The summed E-state index contributed by atoms with van der Waals surface area (Å²) in [6.45, 7) is 0. The molecule has 6 heteroatoms. The van der Waals surface area contributed by atoms with Crippen LogP contribution in [0.3, 0.4) is 0 Å². The maximum Gasteiger partial charge on any atom is 0.268 e. The first-order valence-corrected chi connectivity index (χ1v) is 4.03. The molecule has 0 saturated carbocycles. The van der Waals surface area contributed by atoms with Crippen molar-refractivity contribution in [2.45, 2.75) is 6.43 Å². The summed E-state index contributed by atoms with van der Waals surface area (Å²) in [5.41, 5.74) is -0.764. The van der Waals surface area contributed by atoms with Crippen LogP contribution >= 0.6 is 15.9 Å². The maximum atomic E-state index is 13.1. The number of pyridine rings is 1. The van der Waals surface area contributed by atoms with Gasteiger partial charge in [0.15, 0.2) is 16.2 Å². The van der Waals surface area contributed by atoms with Gasteiger partial charge in [-0.15, -0.1) is 0 Å². The molecule has 0 spiro atoms. The highest BCUT2D eigenvalue weighted by molar-refractivity contribution is 9.10. The summed E-state index contributed by atoms with van der Waals surface area (Å²) in [6.07, 6.45) is -2.12. The molecule has 0 N–H and O–H groups in total. The molecule has 72 valence electrons. The summed E-state index contributed by atoms with van der Waals surface area (Å²) in [4.78, 5) is 3.50. The zero-order valence-corrected chi connectivity index (χ0v) is 8.11. The van der Waals surface area contributed by atoms with E-state index in [1.165, 1.54) is 7.11 Å². The topological polar surface area (TPSA) is 22.1 Å². The van der Waals surface area contributed by atoms with E-state index in [4.69, 9.17) is 0 Å². The van der Waals surface area contributed by atoms with Crippen LogP contribution in [0.4, 0.5) is 13.2 Å². The predicted octanol–water partition coefficient (Wildman–Crippen LogP) is 2.93. The summed E-state index contributed by atoms with van der Waals surface area (Å²) in [7, 11) is 1.18. The van der Waals surface area contributed by atoms with Crippen LogP contribution in [-0.2, 0) is 0 Å². The van der Waals surface area contributed by atoms with Crippen molar-refractivity contribution < 1.29 is 17.9 Å². The number of alkyl halides is 2. The smallest absolute Gasteiger partial charge is 0.268 e. The SMILES string of the molecule is COc1c(Br)ncc(C(F)F)c1F. The number of nitrogens with zero attached hydrogens (tertiary/aromatic N) is 1. The van der Waals surface area contributed by atoms with E-state index in [-0.39, 0.29) is 10.4 Å². The van der Waals surface area contributed by atoms with Crippen molar-refractivity contribution in [1.29, 1.82) is 0 Å². The average molecular weight is 256 g/mol. The van der Waals surface area contributed by atoms with Gasteiger partial charge in [-0.1, -0.05) is 0 Å². The molecule has 2 nitrogen and oxygen atoms in total. The molecular formula is C7H5BrF3NO. The molecule has 0 aliphatic heterocycles. The van der Waals surface area contributed by atoms with Crippen LogP contribution in [0.5, 0.6) is 5.75 Å². The number of halogens is 4. The molecular weight excluding hydrogens is 251 g/mol. The van der Waals surface area contributed by atoms with Crippen LogP contribution in [-0.4, -0.2) is 12.1 Å². The van der Waals surface area contributed by atoms with Gasteiger partial charge in [-0.3, -0.25) is 0 Å². The predicted molar refractivity (Wildman–Crippen MR) is 43.4 cm³/mol. The van der Waals surface area contributed by atoms with Crippen molar-refractivity contribution in [3.8, 4) is 5.75 Å². The Hall–Kier alpha value is -0.780. The number of aromatic nitrogens is 1. The molecule has 0 bridgehead atoms. The minimum absolute atomic E-state index is 0.0666. The third-order valence-corrected chi connectivity index (χ3v) is 1.96. The Kier molecular flexibility index (Phi) is 3.13. The maximum absolute atomic E-state index is 13.1. The molecule has 1 aromatic heterocycles. The van der Waals surface area contributed by atoms with Gasteiger partial charge in [0.1, 0.15) is 0 Å². The molecule has 0 aliphatic rings. The molecule has 0 fully saturated rings. The normalized spacial score (nSPS) is 10.6. The zero-order chi connectivity index (χ0) is 10.0. The van der Waals surface area contributed by atoms with E-state index in [1.54, 1.807) is 0 Å². The Labute approximate surface area is 80.9 Å². The molecule has 1 aromatic rings. The Morgan fingerprint density at radius 3 is 2.62 bits per heavy atom. The van der Waals surface area contributed by atoms with E-state index in [2.05, 4.69) is 25.7 Å². The first-order chi connectivity index (χ1) is 6.07. The summed E-state index contributed by atoms with van der Waals surface area (Å²) in [5.74, 6) is -1.39. The lowest BCUT2D eigenvalue weighted by molar-refractivity contribution is 0.144. The second-order valence-corrected chi connectivity index (χ2v) is 2.90. The molecule has 1 rings (SSSR count). The highest BCUT2D eigenvalue weighted by Gasteiger charge is 2.20. The summed E-state index contributed by atoms with van der Waals surface area (Å²) in [6, 6.07) is 0. The Morgan fingerprint density at radius 2 is 2.15 bits per heavy atom. The molecule has 0 amide bonds. The van der Waals surface area contributed by atoms with Crippen LogP contribution in [0.2, 0.25) is 0 Å². The second-order valence-electron chi connectivity index (χ2n) is 2.15. The summed E-state index contributed by atoms with van der Waals surface area (Å²) >= 11 is 2.87. The van der Waals surface area contributed by atoms with Crippen molar-refractivity contribution in [3.05, 3.63) is 22.2 Å². The van der Waals surface area contributed by atoms with Crippen LogP contribution in [0.15, 0.2) is 10.8 Å². The van der Waals surface area contributed by atoms with Gasteiger partial charge in [0.05, 0.1) is 12.7 Å². The highest BCUT2D eigenvalue weighted by Crippen LogP contribution is 2.32. The average Bonchev–Trinajstić information content (AvgIpc) is 2.04. The lowest BCUT2D eigenvalue weighted by Crippen LogP contribution is -1.98. The minimum atomic E-state index is -2.89. The van der Waals surface area contributed by atoms with Crippen LogP contribution in [0.25, 0.3) is 0 Å². The van der Waals surface area contributed by atoms with Crippen molar-refractivity contribution in [3.63, 3.8) is 0 Å². The van der Waals surface area contributed by atoms with Gasteiger partial charge in [0, 0.05) is 6.20 Å². The van der Waals surface area contributed by atoms with Gasteiger partial charge >= 0.3 is 0 Å². The highest BCUT2D eigenvalue weighted by atomic mass is 79.9. The number of hydrogen-bond acceptors (Lipinski definition) is 2. The number of ether oxygens (including phenoxy) is 1. The third kappa shape index (κ3) is 1.93. The van der Waals surface area contributed by atoms with Crippen molar-refractivity contribution in [2.75, 3.05) is 7.11 Å². The fourth-order valence-electron chi connectivity index (χ4n) is 0.789. The molecule has 0 atom stereocenters. The number of hydrogen-bond donors (Lipinski definition) is 0. The fourth-order valence-corrected chi connectivity index (χ4v) is 1.23. The number of methoxy groups -OCH3 is 1. The van der Waals surface area contributed by atoms with E-state index in [1.807, 2.05) is 0 Å². The molecule has 0 radical (unpaired) electrons. The van der Waals surface area contributed by atoms with Gasteiger partial charge in [0.25, 0.3) is 6.43 Å². The van der Waals surface area contributed by atoms with E-state index in [0.717, 1.165) is 6.20 Å². The van der Waals surface area contributed by atoms with Gasteiger partial charge in [0.2, 0.25) is 0 Å². The van der Waals surface area contributed by atoms with Crippen molar-refractivity contribution >= 4 is 15.9 Å². The Morgan fingerprint density at radius 1 is 1.54 bits per heavy atom. The van der Waals surface area contributed by atoms with Crippen molar-refractivity contribution in [2.24, 2.45) is 0 Å². The van der Waals surface area contributed by atoms with Crippen LogP contribution < -0.4 is 4.74 Å². The van der Waals surface area contributed by atoms with E-state index >= 15 is 0 Å². The fraction of sp³-hybridized carbons (Fsp3) is 0.286. The monoisotopic (exact) mass is 255 g/mol. The first kappa shape index (κ1) is 10.3. The summed E-state index contributed by atoms with van der Waals surface area (Å²) < 4.78 is 42.0. The minimum Gasteiger partial charge on any atom is -0.491 e. The second kappa shape index (κ2) is 3.95. The van der Waals surface area contributed by atoms with Crippen LogP contribution in [0, 0.1) is 5.82 Å². The van der Waals surface area contributed by atoms with E-state index in [0.29, 0.717) is 0 Å². The molecule has 13 heavy (non-hydrogen) atoms. The van der Waals surface area contributed by atoms with Gasteiger partial charge < -0.3 is 4.74 Å².